The van der Waals surface area contributed by atoms with Crippen LogP contribution >= 0.6 is 0 Å². The molecule has 3 N–H and O–H groups in total. The van der Waals surface area contributed by atoms with Crippen LogP contribution in [0, 0.1) is 0 Å². The maximum absolute atomic E-state index is 10.2. The Kier molecular flexibility index (Phi) is 2.82. The zero-order valence-corrected chi connectivity index (χ0v) is 10.9. The quantitative estimate of drug-likeness (QED) is 0.745. The number of fused-ring (bicyclic) bond motifs is 2. The van der Waals surface area contributed by atoms with Gasteiger partial charge in [0.2, 0.25) is 11.5 Å². The van der Waals surface area contributed by atoms with Crippen molar-refractivity contribution in [3.63, 3.8) is 0 Å². The van der Waals surface area contributed by atoms with Gasteiger partial charge < -0.3 is 24.8 Å². The van der Waals surface area contributed by atoms with Gasteiger partial charge in [0, 0.05) is 5.56 Å². The lowest BCUT2D eigenvalue weighted by atomic mass is 10.0. The number of rotatable bonds is 1. The van der Waals surface area contributed by atoms with Crippen molar-refractivity contribution >= 4 is 0 Å². The van der Waals surface area contributed by atoms with E-state index in [1.807, 2.05) is 0 Å². The highest BCUT2D eigenvalue weighted by Gasteiger charge is 2.23. The molecule has 104 valence electrons. The Hall–Kier alpha value is -2.56. The first-order valence-corrected chi connectivity index (χ1v) is 6.21. The highest BCUT2D eigenvalue weighted by atomic mass is 16.5. The molecule has 3 rings (SSSR count). The van der Waals surface area contributed by atoms with Crippen LogP contribution in [0.25, 0.3) is 0 Å². The van der Waals surface area contributed by atoms with Crippen molar-refractivity contribution in [2.24, 2.45) is 0 Å². The fourth-order valence-corrected chi connectivity index (χ4v) is 2.41. The summed E-state index contributed by atoms with van der Waals surface area (Å²) in [5, 5.41) is 29.5. The molecule has 0 atom stereocenters. The summed E-state index contributed by atoms with van der Waals surface area (Å²) in [6.45, 7) is 0. The second-order valence-corrected chi connectivity index (χ2v) is 4.66. The molecular formula is C15H14O5. The lowest BCUT2D eigenvalue weighted by Crippen LogP contribution is -1.93. The van der Waals surface area contributed by atoms with Gasteiger partial charge in [0.05, 0.1) is 7.11 Å². The van der Waals surface area contributed by atoms with Gasteiger partial charge in [-0.1, -0.05) is 0 Å². The van der Waals surface area contributed by atoms with Crippen molar-refractivity contribution in [2.75, 3.05) is 7.11 Å². The Labute approximate surface area is 115 Å². The van der Waals surface area contributed by atoms with E-state index in [9.17, 15) is 15.3 Å². The van der Waals surface area contributed by atoms with Crippen LogP contribution in [0.2, 0.25) is 0 Å². The maximum atomic E-state index is 10.2. The number of ether oxygens (including phenoxy) is 2. The number of phenols is 3. The van der Waals surface area contributed by atoms with Crippen LogP contribution in [0.1, 0.15) is 11.1 Å². The Balaban J connectivity index is 2.14. The van der Waals surface area contributed by atoms with Crippen molar-refractivity contribution in [1.29, 1.82) is 0 Å². The van der Waals surface area contributed by atoms with Crippen LogP contribution in [0.15, 0.2) is 24.3 Å². The van der Waals surface area contributed by atoms with Crippen LogP contribution in [-0.2, 0) is 12.8 Å². The predicted octanol–water partition coefficient (Wildman–Crippen LogP) is 2.70. The minimum Gasteiger partial charge on any atom is -0.508 e. The number of hydrogen-bond donors (Lipinski definition) is 3. The van der Waals surface area contributed by atoms with Gasteiger partial charge in [0.1, 0.15) is 11.5 Å². The molecule has 0 saturated heterocycles. The molecule has 0 spiro atoms. The fourth-order valence-electron chi connectivity index (χ4n) is 2.41. The minimum atomic E-state index is -0.219. The van der Waals surface area contributed by atoms with Crippen LogP contribution in [-0.4, -0.2) is 22.4 Å². The summed E-state index contributed by atoms with van der Waals surface area (Å²) >= 11 is 0. The summed E-state index contributed by atoms with van der Waals surface area (Å²) < 4.78 is 10.7. The SMILES string of the molecule is COc1c(O)cc2c(c1O)Oc1ccc(O)cc1CC2. The molecule has 0 fully saturated rings. The van der Waals surface area contributed by atoms with Crippen molar-refractivity contribution < 1.29 is 24.8 Å². The molecule has 2 aromatic rings. The minimum absolute atomic E-state index is 0.00835. The van der Waals surface area contributed by atoms with Gasteiger partial charge in [-0.3, -0.25) is 0 Å². The number of aromatic hydroxyl groups is 3. The summed E-state index contributed by atoms with van der Waals surface area (Å²) in [6.07, 6.45) is 1.22. The number of phenolic OH excluding ortho intramolecular Hbond substituents is 3. The van der Waals surface area contributed by atoms with E-state index in [0.717, 1.165) is 5.56 Å². The van der Waals surface area contributed by atoms with Gasteiger partial charge in [-0.25, -0.2) is 0 Å². The molecule has 1 aliphatic rings. The summed E-state index contributed by atoms with van der Waals surface area (Å²) in [5.74, 6) is 0.673. The third-order valence-electron chi connectivity index (χ3n) is 3.39. The molecule has 1 heterocycles. The molecule has 0 saturated carbocycles. The van der Waals surface area contributed by atoms with Gasteiger partial charge in [0.15, 0.2) is 11.5 Å². The third-order valence-corrected chi connectivity index (χ3v) is 3.39. The first-order chi connectivity index (χ1) is 9.60. The van der Waals surface area contributed by atoms with Gasteiger partial charge in [-0.2, -0.15) is 0 Å². The Morgan fingerprint density at radius 3 is 2.55 bits per heavy atom. The molecule has 5 heteroatoms. The molecule has 20 heavy (non-hydrogen) atoms. The standard InChI is InChI=1S/C15H14O5/c1-19-15-11(17)7-9-3-2-8-6-10(16)4-5-12(8)20-14(9)13(15)18/h4-7,16-18H,2-3H2,1H3. The molecule has 5 nitrogen and oxygen atoms in total. The average Bonchev–Trinajstić information content (AvgIpc) is 2.59. The molecule has 0 bridgehead atoms. The number of methoxy groups -OCH3 is 1. The van der Waals surface area contributed by atoms with Gasteiger partial charge >= 0.3 is 0 Å². The number of hydrogen-bond acceptors (Lipinski definition) is 5. The zero-order chi connectivity index (χ0) is 14.3. The summed E-state index contributed by atoms with van der Waals surface area (Å²) in [6, 6.07) is 6.34. The van der Waals surface area contributed by atoms with E-state index in [-0.39, 0.29) is 28.7 Å². The van der Waals surface area contributed by atoms with E-state index in [2.05, 4.69) is 0 Å². The maximum Gasteiger partial charge on any atom is 0.206 e. The predicted molar refractivity (Wildman–Crippen MR) is 71.9 cm³/mol. The van der Waals surface area contributed by atoms with E-state index in [4.69, 9.17) is 9.47 Å². The van der Waals surface area contributed by atoms with Crippen molar-refractivity contribution in [3.8, 4) is 34.5 Å². The average molecular weight is 274 g/mol. The van der Waals surface area contributed by atoms with E-state index in [1.54, 1.807) is 12.1 Å². The largest absolute Gasteiger partial charge is 0.508 e. The second-order valence-electron chi connectivity index (χ2n) is 4.66. The summed E-state index contributed by atoms with van der Waals surface area (Å²) in [7, 11) is 1.36. The molecule has 2 aromatic carbocycles. The first kappa shape index (κ1) is 12.5. The van der Waals surface area contributed by atoms with Crippen molar-refractivity contribution in [1.82, 2.24) is 0 Å². The first-order valence-electron chi connectivity index (χ1n) is 6.21. The summed E-state index contributed by atoms with van der Waals surface area (Å²) in [4.78, 5) is 0. The van der Waals surface area contributed by atoms with Crippen molar-refractivity contribution in [2.45, 2.75) is 12.8 Å². The van der Waals surface area contributed by atoms with Gasteiger partial charge in [0.25, 0.3) is 0 Å². The van der Waals surface area contributed by atoms with E-state index < -0.39 is 0 Å². The molecule has 0 radical (unpaired) electrons. The van der Waals surface area contributed by atoms with Crippen LogP contribution < -0.4 is 9.47 Å². The zero-order valence-electron chi connectivity index (χ0n) is 10.9. The Morgan fingerprint density at radius 1 is 1.05 bits per heavy atom. The molecule has 0 amide bonds. The van der Waals surface area contributed by atoms with E-state index in [0.29, 0.717) is 24.2 Å². The molecular weight excluding hydrogens is 260 g/mol. The van der Waals surface area contributed by atoms with Crippen molar-refractivity contribution in [3.05, 3.63) is 35.4 Å². The van der Waals surface area contributed by atoms with Gasteiger partial charge in [-0.05, 0) is 42.7 Å². The molecule has 0 aromatic heterocycles. The lowest BCUT2D eigenvalue weighted by Gasteiger charge is -2.14. The molecule has 1 aliphatic heterocycles. The Bertz CT molecular complexity index is 678. The van der Waals surface area contributed by atoms with E-state index in [1.165, 1.54) is 19.2 Å². The van der Waals surface area contributed by atoms with Crippen LogP contribution in [0.5, 0.6) is 34.5 Å². The monoisotopic (exact) mass is 274 g/mol. The normalized spacial score (nSPS) is 12.8. The highest BCUT2D eigenvalue weighted by molar-refractivity contribution is 5.63. The number of aryl methyl sites for hydroxylation is 2. The van der Waals surface area contributed by atoms with Crippen LogP contribution in [0.3, 0.4) is 0 Å². The second kappa shape index (κ2) is 4.52. The molecule has 0 aliphatic carbocycles. The van der Waals surface area contributed by atoms with E-state index >= 15 is 0 Å². The summed E-state index contributed by atoms with van der Waals surface area (Å²) in [5.41, 5.74) is 1.54. The van der Waals surface area contributed by atoms with Gasteiger partial charge in [-0.15, -0.1) is 0 Å². The number of benzene rings is 2. The molecule has 0 unspecified atom stereocenters. The third kappa shape index (κ3) is 1.87. The smallest absolute Gasteiger partial charge is 0.206 e. The fraction of sp³-hybridized carbons (Fsp3) is 0.200. The Morgan fingerprint density at radius 2 is 1.80 bits per heavy atom. The highest BCUT2D eigenvalue weighted by Crippen LogP contribution is 2.49. The lowest BCUT2D eigenvalue weighted by molar-refractivity contribution is 0.331. The van der Waals surface area contributed by atoms with Crippen LogP contribution in [0.4, 0.5) is 0 Å². The topological polar surface area (TPSA) is 79.2 Å².